The molecule has 0 atom stereocenters. The molecule has 8 heteroatoms. The molecule has 0 heterocycles. The quantitative estimate of drug-likeness (QED) is 0.347. The molecule has 1 aromatic rings. The van der Waals surface area contributed by atoms with Gasteiger partial charge in [0.25, 0.3) is 5.69 Å². The number of nitrogens with zero attached hydrogens (tertiary/aromatic N) is 2. The second kappa shape index (κ2) is 7.98. The summed E-state index contributed by atoms with van der Waals surface area (Å²) in [5.41, 5.74) is -0.155. The Morgan fingerprint density at radius 2 is 1.90 bits per heavy atom. The number of halogens is 1. The van der Waals surface area contributed by atoms with Gasteiger partial charge in [-0.1, -0.05) is 18.8 Å². The predicted molar refractivity (Wildman–Crippen MR) is 80.6 cm³/mol. The van der Waals surface area contributed by atoms with Gasteiger partial charge in [0.1, 0.15) is 0 Å². The van der Waals surface area contributed by atoms with Gasteiger partial charge >= 0.3 is 0 Å². The van der Waals surface area contributed by atoms with Gasteiger partial charge in [-0.05, 0) is 18.6 Å². The van der Waals surface area contributed by atoms with Gasteiger partial charge in [-0.2, -0.15) is 4.31 Å². The van der Waals surface area contributed by atoms with E-state index >= 15 is 0 Å². The average molecular weight is 331 g/mol. The first kappa shape index (κ1) is 17.4. The molecule has 0 N–H and O–H groups in total. The summed E-state index contributed by atoms with van der Waals surface area (Å²) in [7, 11) is -3.72. The lowest BCUT2D eigenvalue weighted by Gasteiger charge is -2.19. The van der Waals surface area contributed by atoms with Crippen molar-refractivity contribution in [2.45, 2.75) is 18.2 Å². The van der Waals surface area contributed by atoms with Crippen molar-refractivity contribution in [1.82, 2.24) is 4.31 Å². The van der Waals surface area contributed by atoms with Crippen LogP contribution in [0.2, 0.25) is 0 Å². The number of alkyl halides is 1. The summed E-state index contributed by atoms with van der Waals surface area (Å²) in [6.45, 7) is 2.21. The lowest BCUT2D eigenvalue weighted by atomic mass is 10.3. The van der Waals surface area contributed by atoms with Crippen LogP contribution in [0.25, 0.3) is 0 Å². The van der Waals surface area contributed by atoms with E-state index in [9.17, 15) is 18.5 Å². The summed E-state index contributed by atoms with van der Waals surface area (Å²) in [5.74, 6) is 5.42. The van der Waals surface area contributed by atoms with Crippen molar-refractivity contribution < 1.29 is 13.3 Å². The molecule has 0 saturated carbocycles. The Balaban J connectivity index is 3.06. The lowest BCUT2D eigenvalue weighted by Crippen LogP contribution is -2.32. The van der Waals surface area contributed by atoms with Crippen molar-refractivity contribution in [2.75, 3.05) is 19.0 Å². The fourth-order valence-electron chi connectivity index (χ4n) is 1.61. The maximum Gasteiger partial charge on any atom is 0.269 e. The molecule has 1 rings (SSSR count). The van der Waals surface area contributed by atoms with Crippen LogP contribution in [0.5, 0.6) is 0 Å². The molecule has 0 aliphatic rings. The highest BCUT2D eigenvalue weighted by Crippen LogP contribution is 2.19. The monoisotopic (exact) mass is 330 g/mol. The molecule has 114 valence electrons. The molecule has 0 unspecified atom stereocenters. The summed E-state index contributed by atoms with van der Waals surface area (Å²) >= 11 is 5.43. The van der Waals surface area contributed by atoms with Crippen molar-refractivity contribution in [1.29, 1.82) is 0 Å². The normalized spacial score (nSPS) is 11.0. The first-order valence-electron chi connectivity index (χ1n) is 6.19. The molecule has 0 amide bonds. The van der Waals surface area contributed by atoms with Crippen LogP contribution in [0.3, 0.4) is 0 Å². The van der Waals surface area contributed by atoms with Gasteiger partial charge in [-0.25, -0.2) is 8.42 Å². The van der Waals surface area contributed by atoms with Gasteiger partial charge in [0.05, 0.1) is 22.2 Å². The fourth-order valence-corrected chi connectivity index (χ4v) is 3.14. The zero-order valence-corrected chi connectivity index (χ0v) is 13.0. The Hall–Kier alpha value is -1.62. The molecular weight excluding hydrogens is 316 g/mol. The molecule has 0 spiro atoms. The Morgan fingerprint density at radius 1 is 1.29 bits per heavy atom. The van der Waals surface area contributed by atoms with E-state index in [0.29, 0.717) is 13.0 Å². The first-order chi connectivity index (χ1) is 9.93. The summed E-state index contributed by atoms with van der Waals surface area (Å²) < 4.78 is 26.1. The fraction of sp³-hybridized carbons (Fsp3) is 0.385. The smallest absolute Gasteiger partial charge is 0.258 e. The van der Waals surface area contributed by atoms with Gasteiger partial charge in [0.15, 0.2) is 0 Å². The highest BCUT2D eigenvalue weighted by atomic mass is 35.5. The molecule has 0 aromatic heterocycles. The lowest BCUT2D eigenvalue weighted by molar-refractivity contribution is -0.384. The van der Waals surface area contributed by atoms with E-state index < -0.39 is 14.9 Å². The van der Waals surface area contributed by atoms with E-state index in [1.165, 1.54) is 28.6 Å². The topological polar surface area (TPSA) is 80.5 Å². The molecule has 6 nitrogen and oxygen atoms in total. The van der Waals surface area contributed by atoms with Gasteiger partial charge in [-0.15, -0.1) is 11.6 Å². The van der Waals surface area contributed by atoms with Crippen LogP contribution in [0.1, 0.15) is 13.3 Å². The zero-order valence-electron chi connectivity index (χ0n) is 11.5. The van der Waals surface area contributed by atoms with Crippen LogP contribution in [-0.4, -0.2) is 36.6 Å². The number of nitro groups is 1. The van der Waals surface area contributed by atoms with E-state index in [2.05, 4.69) is 11.8 Å². The molecule has 0 radical (unpaired) electrons. The van der Waals surface area contributed by atoms with Crippen molar-refractivity contribution in [3.05, 3.63) is 34.4 Å². The molecule has 0 bridgehead atoms. The number of rotatable bonds is 6. The molecule has 21 heavy (non-hydrogen) atoms. The SMILES string of the molecule is CCCN(CC#CCCl)S(=O)(=O)c1ccc([N+](=O)[O-])cc1. The number of benzene rings is 1. The van der Waals surface area contributed by atoms with E-state index in [-0.39, 0.29) is 23.0 Å². The van der Waals surface area contributed by atoms with Crippen LogP contribution >= 0.6 is 11.6 Å². The average Bonchev–Trinajstić information content (AvgIpc) is 2.46. The van der Waals surface area contributed by atoms with Crippen LogP contribution in [0.15, 0.2) is 29.2 Å². The first-order valence-corrected chi connectivity index (χ1v) is 8.17. The van der Waals surface area contributed by atoms with Gasteiger partial charge in [0.2, 0.25) is 10.0 Å². The third-order valence-electron chi connectivity index (χ3n) is 2.61. The highest BCUT2D eigenvalue weighted by molar-refractivity contribution is 7.89. The maximum atomic E-state index is 12.5. The molecule has 0 aliphatic carbocycles. The van der Waals surface area contributed by atoms with Gasteiger partial charge in [-0.3, -0.25) is 10.1 Å². The number of sulfonamides is 1. The number of nitro benzene ring substituents is 1. The van der Waals surface area contributed by atoms with E-state index in [1.807, 2.05) is 6.92 Å². The van der Waals surface area contributed by atoms with Crippen LogP contribution in [0.4, 0.5) is 5.69 Å². The van der Waals surface area contributed by atoms with Crippen molar-refractivity contribution in [3.8, 4) is 11.8 Å². The zero-order chi connectivity index (χ0) is 15.9. The summed E-state index contributed by atoms with van der Waals surface area (Å²) in [5, 5.41) is 10.6. The molecular formula is C13H15ClN2O4S. The summed E-state index contributed by atoms with van der Waals surface area (Å²) in [4.78, 5) is 10.0. The number of non-ortho nitro benzene ring substituents is 1. The van der Waals surface area contributed by atoms with Crippen molar-refractivity contribution in [3.63, 3.8) is 0 Å². The Bertz CT molecular complexity index is 647. The third kappa shape index (κ3) is 4.70. The van der Waals surface area contributed by atoms with Gasteiger partial charge < -0.3 is 0 Å². The highest BCUT2D eigenvalue weighted by Gasteiger charge is 2.23. The minimum absolute atomic E-state index is 0.00854. The second-order valence-electron chi connectivity index (χ2n) is 4.08. The van der Waals surface area contributed by atoms with Crippen molar-refractivity contribution in [2.24, 2.45) is 0 Å². The van der Waals surface area contributed by atoms with Crippen LogP contribution < -0.4 is 0 Å². The standard InChI is InChI=1S/C13H15ClN2O4S/c1-2-10-15(11-4-3-9-14)21(19,20)13-7-5-12(6-8-13)16(17)18/h5-8H,2,9-11H2,1H3. The predicted octanol–water partition coefficient (Wildman–Crippen LogP) is 2.24. The van der Waals surface area contributed by atoms with Crippen molar-refractivity contribution >= 4 is 27.3 Å². The Morgan fingerprint density at radius 3 is 2.38 bits per heavy atom. The van der Waals surface area contributed by atoms with Crippen LogP contribution in [0, 0.1) is 22.0 Å². The largest absolute Gasteiger partial charge is 0.269 e. The molecule has 0 saturated heterocycles. The Labute approximate surface area is 128 Å². The third-order valence-corrected chi connectivity index (χ3v) is 4.60. The number of hydrogen-bond donors (Lipinski definition) is 0. The van der Waals surface area contributed by atoms with Gasteiger partial charge in [0, 0.05) is 18.7 Å². The summed E-state index contributed by atoms with van der Waals surface area (Å²) in [6.07, 6.45) is 0.634. The maximum absolute atomic E-state index is 12.5. The second-order valence-corrected chi connectivity index (χ2v) is 6.28. The van der Waals surface area contributed by atoms with Crippen LogP contribution in [-0.2, 0) is 10.0 Å². The number of hydrogen-bond acceptors (Lipinski definition) is 4. The summed E-state index contributed by atoms with van der Waals surface area (Å²) in [6, 6.07) is 4.79. The van der Waals surface area contributed by atoms with E-state index in [1.54, 1.807) is 0 Å². The minimum Gasteiger partial charge on any atom is -0.258 e. The minimum atomic E-state index is -3.72. The van der Waals surface area contributed by atoms with E-state index in [4.69, 9.17) is 11.6 Å². The van der Waals surface area contributed by atoms with E-state index in [0.717, 1.165) is 0 Å². The molecule has 0 fully saturated rings. The Kier molecular flexibility index (Phi) is 6.62. The molecule has 1 aromatic carbocycles. The molecule has 0 aliphatic heterocycles.